The first-order valence-electron chi connectivity index (χ1n) is 4.26. The topological polar surface area (TPSA) is 37.3 Å². The highest BCUT2D eigenvalue weighted by atomic mass is 35.5. The van der Waals surface area contributed by atoms with E-state index < -0.39 is 11.4 Å². The van der Waals surface area contributed by atoms with E-state index in [1.165, 1.54) is 0 Å². The van der Waals surface area contributed by atoms with Crippen LogP contribution in [0.15, 0.2) is 11.6 Å². The summed E-state index contributed by atoms with van der Waals surface area (Å²) in [6.07, 6.45) is 1.98. The summed E-state index contributed by atoms with van der Waals surface area (Å²) in [6, 6.07) is 0. The molecule has 0 aromatic heterocycles. The van der Waals surface area contributed by atoms with Crippen LogP contribution in [-0.4, -0.2) is 16.5 Å². The fourth-order valence-corrected chi connectivity index (χ4v) is 1.33. The van der Waals surface area contributed by atoms with Gasteiger partial charge in [0, 0.05) is 0 Å². The summed E-state index contributed by atoms with van der Waals surface area (Å²) in [6.45, 7) is 7.62. The van der Waals surface area contributed by atoms with Gasteiger partial charge in [-0.2, -0.15) is 0 Å². The van der Waals surface area contributed by atoms with E-state index in [1.54, 1.807) is 0 Å². The lowest BCUT2D eigenvalue weighted by Gasteiger charge is -2.26. The van der Waals surface area contributed by atoms with Crippen molar-refractivity contribution in [3.63, 3.8) is 0 Å². The van der Waals surface area contributed by atoms with Gasteiger partial charge in [-0.25, -0.2) is 0 Å². The fourth-order valence-electron chi connectivity index (χ4n) is 1.01. The number of hydrogen-bond acceptors (Lipinski definition) is 1. The Morgan fingerprint density at radius 2 is 2.00 bits per heavy atom. The summed E-state index contributed by atoms with van der Waals surface area (Å²) in [7, 11) is 0. The van der Waals surface area contributed by atoms with Crippen molar-refractivity contribution in [1.29, 1.82) is 0 Å². The van der Waals surface area contributed by atoms with Crippen molar-refractivity contribution in [2.75, 3.05) is 0 Å². The molecule has 0 aromatic carbocycles. The molecule has 1 atom stereocenters. The molecule has 76 valence electrons. The average molecular weight is 205 g/mol. The van der Waals surface area contributed by atoms with Gasteiger partial charge in [-0.1, -0.05) is 25.5 Å². The predicted molar refractivity (Wildman–Crippen MR) is 55.1 cm³/mol. The van der Waals surface area contributed by atoms with Crippen molar-refractivity contribution < 1.29 is 9.90 Å². The Labute approximate surface area is 84.6 Å². The van der Waals surface area contributed by atoms with Crippen molar-refractivity contribution in [3.8, 4) is 0 Å². The molecule has 0 bridgehead atoms. The molecule has 0 aliphatic carbocycles. The largest absolute Gasteiger partial charge is 0.481 e. The van der Waals surface area contributed by atoms with Crippen LogP contribution in [0.2, 0.25) is 0 Å². The Hall–Kier alpha value is -0.500. The number of hydrogen-bond donors (Lipinski definition) is 1. The van der Waals surface area contributed by atoms with Crippen molar-refractivity contribution in [3.05, 3.63) is 11.6 Å². The molecule has 0 amide bonds. The van der Waals surface area contributed by atoms with E-state index in [2.05, 4.69) is 0 Å². The molecule has 0 saturated carbocycles. The quantitative estimate of drug-likeness (QED) is 0.565. The first-order valence-corrected chi connectivity index (χ1v) is 4.70. The number of allylic oxidation sites excluding steroid dienone is 2. The number of alkyl halides is 1. The molecule has 0 heterocycles. The van der Waals surface area contributed by atoms with E-state index in [0.29, 0.717) is 0 Å². The second kappa shape index (κ2) is 4.66. The van der Waals surface area contributed by atoms with Gasteiger partial charge >= 0.3 is 5.97 Å². The summed E-state index contributed by atoms with van der Waals surface area (Å²) in [5.74, 6) is -0.808. The van der Waals surface area contributed by atoms with Gasteiger partial charge in [0.1, 0.15) is 0 Å². The molecular formula is C10H17ClO2. The number of aliphatic carboxylic acids is 1. The van der Waals surface area contributed by atoms with Gasteiger partial charge in [0.15, 0.2) is 0 Å². The fraction of sp³-hybridized carbons (Fsp3) is 0.700. The number of rotatable bonds is 4. The lowest BCUT2D eigenvalue weighted by atomic mass is 9.84. The lowest BCUT2D eigenvalue weighted by molar-refractivity contribution is -0.139. The molecule has 0 saturated heterocycles. The first kappa shape index (κ1) is 12.5. The second-order valence-electron chi connectivity index (χ2n) is 4.20. The maximum atomic E-state index is 10.5. The summed E-state index contributed by atoms with van der Waals surface area (Å²) in [5.41, 5.74) is 0.712. The van der Waals surface area contributed by atoms with Crippen molar-refractivity contribution in [2.45, 2.75) is 39.5 Å². The highest BCUT2D eigenvalue weighted by molar-refractivity contribution is 6.22. The predicted octanol–water partition coefficient (Wildman–Crippen LogP) is 3.06. The Bertz CT molecular complexity index is 215. The van der Waals surface area contributed by atoms with Gasteiger partial charge in [0.25, 0.3) is 0 Å². The Balaban J connectivity index is 4.44. The van der Waals surface area contributed by atoms with Crippen LogP contribution >= 0.6 is 11.6 Å². The molecule has 13 heavy (non-hydrogen) atoms. The number of carboxylic acids is 1. The van der Waals surface area contributed by atoms with Crippen LogP contribution in [0.25, 0.3) is 0 Å². The minimum atomic E-state index is -0.808. The second-order valence-corrected chi connectivity index (χ2v) is 4.68. The van der Waals surface area contributed by atoms with Gasteiger partial charge in [-0.15, -0.1) is 11.6 Å². The zero-order chi connectivity index (χ0) is 10.6. The zero-order valence-corrected chi connectivity index (χ0v) is 9.35. The number of halogens is 1. The molecule has 1 N–H and O–H groups in total. The average Bonchev–Trinajstić information content (AvgIpc) is 1.81. The molecule has 0 spiro atoms. The molecule has 2 nitrogen and oxygen atoms in total. The molecule has 0 fully saturated rings. The Kier molecular flexibility index (Phi) is 4.48. The van der Waals surface area contributed by atoms with Crippen LogP contribution < -0.4 is 0 Å². The molecule has 3 heteroatoms. The van der Waals surface area contributed by atoms with Crippen molar-refractivity contribution >= 4 is 17.6 Å². The smallest absolute Gasteiger partial charge is 0.303 e. The third-order valence-electron chi connectivity index (χ3n) is 1.83. The highest BCUT2D eigenvalue weighted by Gasteiger charge is 2.28. The Morgan fingerprint density at radius 3 is 2.31 bits per heavy atom. The summed E-state index contributed by atoms with van der Waals surface area (Å²) in [5, 5.41) is 8.42. The van der Waals surface area contributed by atoms with Crippen molar-refractivity contribution in [1.82, 2.24) is 0 Å². The highest BCUT2D eigenvalue weighted by Crippen LogP contribution is 2.30. The van der Waals surface area contributed by atoms with Gasteiger partial charge in [-0.3, -0.25) is 4.79 Å². The molecule has 0 aliphatic heterocycles. The van der Waals surface area contributed by atoms with E-state index in [-0.39, 0.29) is 11.8 Å². The molecule has 1 unspecified atom stereocenters. The third kappa shape index (κ3) is 4.94. The maximum absolute atomic E-state index is 10.5. The lowest BCUT2D eigenvalue weighted by Crippen LogP contribution is -2.26. The van der Waals surface area contributed by atoms with E-state index in [1.807, 2.05) is 33.8 Å². The van der Waals surface area contributed by atoms with Gasteiger partial charge in [0.05, 0.1) is 11.8 Å². The Morgan fingerprint density at radius 1 is 1.54 bits per heavy atom. The van der Waals surface area contributed by atoms with Gasteiger partial charge < -0.3 is 5.11 Å². The first-order chi connectivity index (χ1) is 5.75. The number of carbonyl (C=O) groups is 1. The van der Waals surface area contributed by atoms with E-state index in [4.69, 9.17) is 16.7 Å². The molecular weight excluding hydrogens is 188 g/mol. The number of carboxylic acid groups (broad SMARTS) is 1. The SMILES string of the molecule is CC(C)=CC(Cl)C(C)(C)CC(=O)O. The van der Waals surface area contributed by atoms with Crippen LogP contribution in [0, 0.1) is 5.41 Å². The van der Waals surface area contributed by atoms with Crippen LogP contribution in [0.1, 0.15) is 34.1 Å². The zero-order valence-electron chi connectivity index (χ0n) is 8.60. The van der Waals surface area contributed by atoms with Gasteiger partial charge in [-0.05, 0) is 19.3 Å². The monoisotopic (exact) mass is 204 g/mol. The van der Waals surface area contributed by atoms with Crippen LogP contribution in [0.4, 0.5) is 0 Å². The minimum Gasteiger partial charge on any atom is -0.481 e. The molecule has 0 radical (unpaired) electrons. The molecule has 0 aliphatic rings. The molecule has 0 aromatic rings. The van der Waals surface area contributed by atoms with Crippen LogP contribution in [0.5, 0.6) is 0 Å². The van der Waals surface area contributed by atoms with Crippen LogP contribution in [-0.2, 0) is 4.79 Å². The van der Waals surface area contributed by atoms with Crippen LogP contribution in [0.3, 0.4) is 0 Å². The summed E-state index contributed by atoms with van der Waals surface area (Å²) < 4.78 is 0. The van der Waals surface area contributed by atoms with Gasteiger partial charge in [0.2, 0.25) is 0 Å². The maximum Gasteiger partial charge on any atom is 0.303 e. The van der Waals surface area contributed by atoms with Crippen molar-refractivity contribution in [2.24, 2.45) is 5.41 Å². The van der Waals surface area contributed by atoms with E-state index in [9.17, 15) is 4.79 Å². The summed E-state index contributed by atoms with van der Waals surface area (Å²) >= 11 is 6.07. The summed E-state index contributed by atoms with van der Waals surface area (Å²) in [4.78, 5) is 10.5. The molecule has 0 rings (SSSR count). The van der Waals surface area contributed by atoms with E-state index >= 15 is 0 Å². The minimum absolute atomic E-state index is 0.0882. The van der Waals surface area contributed by atoms with E-state index in [0.717, 1.165) is 5.57 Å². The third-order valence-corrected chi connectivity index (χ3v) is 2.55. The standard InChI is InChI=1S/C10H17ClO2/c1-7(2)5-8(11)10(3,4)6-9(12)13/h5,8H,6H2,1-4H3,(H,12,13). The normalized spacial score (nSPS) is 13.6.